The Morgan fingerprint density at radius 3 is 3.00 bits per heavy atom. The third kappa shape index (κ3) is 2.41. The summed E-state index contributed by atoms with van der Waals surface area (Å²) in [6.07, 6.45) is 3.73. The maximum Gasteiger partial charge on any atom is 0.252 e. The van der Waals surface area contributed by atoms with Gasteiger partial charge >= 0.3 is 0 Å². The summed E-state index contributed by atoms with van der Waals surface area (Å²) in [5.74, 6) is 0.582. The van der Waals surface area contributed by atoms with Crippen LogP contribution >= 0.6 is 28.6 Å². The Morgan fingerprint density at radius 1 is 1.44 bits per heavy atom. The fraction of sp³-hybridized carbons (Fsp3) is 0.182. The van der Waals surface area contributed by atoms with Gasteiger partial charge in [0.25, 0.3) is 5.91 Å². The number of rotatable bonds is 3. The average molecular weight is 299 g/mol. The van der Waals surface area contributed by atoms with E-state index in [9.17, 15) is 4.79 Å². The van der Waals surface area contributed by atoms with Crippen molar-refractivity contribution in [1.82, 2.24) is 9.72 Å². The summed E-state index contributed by atoms with van der Waals surface area (Å²) in [6.45, 7) is 0.581. The second-order valence-electron chi connectivity index (χ2n) is 3.39. The van der Waals surface area contributed by atoms with E-state index in [0.29, 0.717) is 17.9 Å². The first-order chi connectivity index (χ1) is 7.70. The molecular formula is C11H11BrN2OS. The normalized spacial score (nSPS) is 10.6. The summed E-state index contributed by atoms with van der Waals surface area (Å²) in [5, 5.41) is 2.78. The van der Waals surface area contributed by atoms with Crippen molar-refractivity contribution in [1.29, 1.82) is 0 Å². The van der Waals surface area contributed by atoms with Crippen LogP contribution in [-0.2, 0) is 0 Å². The predicted molar refractivity (Wildman–Crippen MR) is 71.3 cm³/mol. The van der Waals surface area contributed by atoms with Gasteiger partial charge in [-0.25, -0.2) is 0 Å². The van der Waals surface area contributed by atoms with Crippen molar-refractivity contribution < 1.29 is 4.79 Å². The second-order valence-corrected chi connectivity index (χ2v) is 4.75. The van der Waals surface area contributed by atoms with Crippen LogP contribution in [0.4, 0.5) is 0 Å². The molecule has 16 heavy (non-hydrogen) atoms. The van der Waals surface area contributed by atoms with Crippen molar-refractivity contribution in [2.75, 3.05) is 12.3 Å². The van der Waals surface area contributed by atoms with E-state index < -0.39 is 0 Å². The standard InChI is InChI=1S/C11H11BrN2OS/c12-9-1-2-10-5-8(6-14(10)7-9)11(15)13-3-4-16/h1-2,5-7,16H,3-4H2,(H,13,15). The minimum absolute atomic E-state index is 0.0612. The zero-order valence-corrected chi connectivity index (χ0v) is 11.0. The highest BCUT2D eigenvalue weighted by atomic mass is 79.9. The molecule has 1 amide bonds. The first-order valence-corrected chi connectivity index (χ1v) is 6.29. The molecule has 2 aromatic rings. The number of amides is 1. The van der Waals surface area contributed by atoms with Gasteiger partial charge in [-0.1, -0.05) is 0 Å². The fourth-order valence-electron chi connectivity index (χ4n) is 1.48. The topological polar surface area (TPSA) is 33.5 Å². The molecule has 84 valence electrons. The first-order valence-electron chi connectivity index (χ1n) is 4.87. The van der Waals surface area contributed by atoms with Crippen molar-refractivity contribution in [2.45, 2.75) is 0 Å². The number of carbonyl (C=O) groups excluding carboxylic acids is 1. The molecule has 0 aliphatic carbocycles. The molecule has 0 bridgehead atoms. The number of nitrogens with one attached hydrogen (secondary N) is 1. The fourth-order valence-corrected chi connectivity index (χ4v) is 1.94. The monoisotopic (exact) mass is 298 g/mol. The molecule has 0 unspecified atom stereocenters. The SMILES string of the molecule is O=C(NCCS)c1cc2ccc(Br)cn2c1. The average Bonchev–Trinajstić information content (AvgIpc) is 2.68. The van der Waals surface area contributed by atoms with Crippen molar-refractivity contribution >= 4 is 40.0 Å². The van der Waals surface area contributed by atoms with Crippen LogP contribution in [0.1, 0.15) is 10.4 Å². The van der Waals surface area contributed by atoms with E-state index in [-0.39, 0.29) is 5.91 Å². The highest BCUT2D eigenvalue weighted by Crippen LogP contribution is 2.15. The van der Waals surface area contributed by atoms with Gasteiger partial charge in [-0.05, 0) is 34.1 Å². The molecule has 0 saturated carbocycles. The molecule has 2 aromatic heterocycles. The van der Waals surface area contributed by atoms with Gasteiger partial charge in [0.1, 0.15) is 0 Å². The number of carbonyl (C=O) groups is 1. The summed E-state index contributed by atoms with van der Waals surface area (Å²) in [6, 6.07) is 5.77. The Balaban J connectivity index is 2.28. The Bertz CT molecular complexity index is 524. The third-order valence-electron chi connectivity index (χ3n) is 2.21. The first kappa shape index (κ1) is 11.5. The van der Waals surface area contributed by atoms with Gasteiger partial charge in [-0.15, -0.1) is 0 Å². The number of nitrogens with zero attached hydrogens (tertiary/aromatic N) is 1. The molecule has 0 aromatic carbocycles. The number of thiol groups is 1. The number of fused-ring (bicyclic) bond motifs is 1. The smallest absolute Gasteiger partial charge is 0.252 e. The molecule has 0 aliphatic heterocycles. The van der Waals surface area contributed by atoms with Crippen LogP contribution in [0.15, 0.2) is 35.1 Å². The Hall–Kier alpha value is -0.940. The van der Waals surface area contributed by atoms with Crippen molar-refractivity contribution in [3.05, 3.63) is 40.6 Å². The molecule has 5 heteroatoms. The van der Waals surface area contributed by atoms with Crippen LogP contribution in [0, 0.1) is 0 Å². The van der Waals surface area contributed by atoms with Crippen molar-refractivity contribution in [3.8, 4) is 0 Å². The second kappa shape index (κ2) is 4.93. The Labute approximate surface area is 107 Å². The van der Waals surface area contributed by atoms with E-state index in [1.54, 1.807) is 0 Å². The van der Waals surface area contributed by atoms with E-state index in [4.69, 9.17) is 0 Å². The maximum absolute atomic E-state index is 11.7. The minimum atomic E-state index is -0.0612. The van der Waals surface area contributed by atoms with Gasteiger partial charge in [-0.2, -0.15) is 12.6 Å². The molecule has 2 rings (SSSR count). The molecule has 0 saturated heterocycles. The molecule has 0 radical (unpaired) electrons. The molecule has 2 heterocycles. The number of pyridine rings is 1. The summed E-state index contributed by atoms with van der Waals surface area (Å²) >= 11 is 7.43. The third-order valence-corrected chi connectivity index (χ3v) is 2.91. The number of halogens is 1. The van der Waals surface area contributed by atoms with E-state index >= 15 is 0 Å². The van der Waals surface area contributed by atoms with E-state index in [2.05, 4.69) is 33.9 Å². The minimum Gasteiger partial charge on any atom is -0.351 e. The molecular weight excluding hydrogens is 288 g/mol. The Kier molecular flexibility index (Phi) is 3.56. The quantitative estimate of drug-likeness (QED) is 0.838. The summed E-state index contributed by atoms with van der Waals surface area (Å²) < 4.78 is 2.90. The lowest BCUT2D eigenvalue weighted by Gasteiger charge is -1.98. The van der Waals surface area contributed by atoms with Crippen molar-refractivity contribution in [2.24, 2.45) is 0 Å². The highest BCUT2D eigenvalue weighted by molar-refractivity contribution is 9.10. The van der Waals surface area contributed by atoms with E-state index in [1.165, 1.54) is 0 Å². The largest absolute Gasteiger partial charge is 0.351 e. The molecule has 3 nitrogen and oxygen atoms in total. The number of hydrogen-bond donors (Lipinski definition) is 2. The van der Waals surface area contributed by atoms with Crippen molar-refractivity contribution in [3.63, 3.8) is 0 Å². The zero-order chi connectivity index (χ0) is 11.5. The summed E-state index contributed by atoms with van der Waals surface area (Å²) in [7, 11) is 0. The van der Waals surface area contributed by atoms with Crippen LogP contribution in [0.5, 0.6) is 0 Å². The number of hydrogen-bond acceptors (Lipinski definition) is 2. The lowest BCUT2D eigenvalue weighted by molar-refractivity contribution is 0.0956. The van der Waals surface area contributed by atoms with Crippen LogP contribution in [0.3, 0.4) is 0 Å². The van der Waals surface area contributed by atoms with Gasteiger partial charge in [0.2, 0.25) is 0 Å². The molecule has 0 spiro atoms. The highest BCUT2D eigenvalue weighted by Gasteiger charge is 2.07. The van der Waals surface area contributed by atoms with Crippen LogP contribution in [0.2, 0.25) is 0 Å². The maximum atomic E-state index is 11.7. The van der Waals surface area contributed by atoms with Gasteiger partial charge in [0, 0.05) is 34.7 Å². The van der Waals surface area contributed by atoms with Crippen LogP contribution in [-0.4, -0.2) is 22.6 Å². The summed E-state index contributed by atoms with van der Waals surface area (Å²) in [5.41, 5.74) is 1.67. The summed E-state index contributed by atoms with van der Waals surface area (Å²) in [4.78, 5) is 11.7. The van der Waals surface area contributed by atoms with Gasteiger partial charge in [0.05, 0.1) is 5.56 Å². The molecule has 1 N–H and O–H groups in total. The van der Waals surface area contributed by atoms with Crippen LogP contribution < -0.4 is 5.32 Å². The van der Waals surface area contributed by atoms with Gasteiger partial charge in [-0.3, -0.25) is 4.79 Å². The lowest BCUT2D eigenvalue weighted by atomic mass is 10.3. The predicted octanol–water partition coefficient (Wildman–Crippen LogP) is 2.36. The zero-order valence-electron chi connectivity index (χ0n) is 8.48. The van der Waals surface area contributed by atoms with Crippen LogP contribution in [0.25, 0.3) is 5.52 Å². The Morgan fingerprint density at radius 2 is 2.25 bits per heavy atom. The number of aromatic nitrogens is 1. The molecule has 0 fully saturated rings. The van der Waals surface area contributed by atoms with E-state index in [1.807, 2.05) is 35.0 Å². The lowest BCUT2D eigenvalue weighted by Crippen LogP contribution is -2.24. The van der Waals surface area contributed by atoms with Gasteiger partial charge < -0.3 is 9.72 Å². The molecule has 0 atom stereocenters. The van der Waals surface area contributed by atoms with E-state index in [0.717, 1.165) is 9.99 Å². The molecule has 0 aliphatic rings. The van der Waals surface area contributed by atoms with Gasteiger partial charge in [0.15, 0.2) is 0 Å².